The van der Waals surface area contributed by atoms with Crippen LogP contribution in [-0.4, -0.2) is 39.6 Å². The van der Waals surface area contributed by atoms with Crippen LogP contribution in [0.15, 0.2) is 22.4 Å². The fraction of sp³-hybridized carbons (Fsp3) is 0.538. The summed E-state index contributed by atoms with van der Waals surface area (Å²) in [7, 11) is 0. The van der Waals surface area contributed by atoms with E-state index in [0.717, 1.165) is 23.7 Å². The molecule has 1 aliphatic heterocycles. The van der Waals surface area contributed by atoms with E-state index in [9.17, 15) is 4.79 Å². The standard InChI is InChI=1S/C13H17N3O2S/c1-9-6-15(7-10(2)18-9)8-11-5-12(17)16-3-4-19-13(16)14-11/h3-5,9-10H,6-8H2,1-2H3/t9-,10+. The lowest BCUT2D eigenvalue weighted by molar-refractivity contribution is -0.0707. The molecule has 1 aliphatic rings. The van der Waals surface area contributed by atoms with Gasteiger partial charge in [0.05, 0.1) is 17.9 Å². The number of fused-ring (bicyclic) bond motifs is 1. The van der Waals surface area contributed by atoms with E-state index in [1.807, 2.05) is 5.38 Å². The van der Waals surface area contributed by atoms with Crippen molar-refractivity contribution in [3.63, 3.8) is 0 Å². The van der Waals surface area contributed by atoms with Crippen molar-refractivity contribution in [2.45, 2.75) is 32.6 Å². The fourth-order valence-electron chi connectivity index (χ4n) is 2.61. The molecule has 2 atom stereocenters. The molecule has 0 bridgehead atoms. The number of morpholine rings is 1. The molecule has 0 saturated carbocycles. The molecule has 0 N–H and O–H groups in total. The highest BCUT2D eigenvalue weighted by Gasteiger charge is 2.22. The second-order valence-electron chi connectivity index (χ2n) is 5.09. The van der Waals surface area contributed by atoms with Crippen molar-refractivity contribution in [2.24, 2.45) is 0 Å². The molecule has 3 rings (SSSR count). The maximum Gasteiger partial charge on any atom is 0.258 e. The van der Waals surface area contributed by atoms with Gasteiger partial charge in [0, 0.05) is 37.3 Å². The highest BCUT2D eigenvalue weighted by atomic mass is 32.1. The normalized spacial score (nSPS) is 24.9. The van der Waals surface area contributed by atoms with Crippen LogP contribution in [-0.2, 0) is 11.3 Å². The van der Waals surface area contributed by atoms with Crippen molar-refractivity contribution in [3.05, 3.63) is 33.7 Å². The third-order valence-corrected chi connectivity index (χ3v) is 3.99. The summed E-state index contributed by atoms with van der Waals surface area (Å²) < 4.78 is 7.29. The van der Waals surface area contributed by atoms with E-state index in [4.69, 9.17) is 4.74 Å². The van der Waals surface area contributed by atoms with Crippen molar-refractivity contribution in [1.82, 2.24) is 14.3 Å². The van der Waals surface area contributed by atoms with Crippen molar-refractivity contribution in [1.29, 1.82) is 0 Å². The first-order chi connectivity index (χ1) is 9.11. The molecule has 19 heavy (non-hydrogen) atoms. The highest BCUT2D eigenvalue weighted by Crippen LogP contribution is 2.14. The average Bonchev–Trinajstić information content (AvgIpc) is 2.75. The Morgan fingerprint density at radius 1 is 1.42 bits per heavy atom. The van der Waals surface area contributed by atoms with E-state index in [1.54, 1.807) is 16.7 Å². The van der Waals surface area contributed by atoms with Crippen LogP contribution in [0, 0.1) is 0 Å². The molecular weight excluding hydrogens is 262 g/mol. The van der Waals surface area contributed by atoms with Crippen LogP contribution in [0.1, 0.15) is 19.5 Å². The lowest BCUT2D eigenvalue weighted by atomic mass is 10.2. The molecule has 102 valence electrons. The zero-order valence-electron chi connectivity index (χ0n) is 11.1. The summed E-state index contributed by atoms with van der Waals surface area (Å²) in [6, 6.07) is 1.63. The molecule has 1 saturated heterocycles. The topological polar surface area (TPSA) is 46.8 Å². The van der Waals surface area contributed by atoms with Crippen molar-refractivity contribution < 1.29 is 4.74 Å². The number of rotatable bonds is 2. The molecule has 5 nitrogen and oxygen atoms in total. The van der Waals surface area contributed by atoms with E-state index in [-0.39, 0.29) is 17.8 Å². The highest BCUT2D eigenvalue weighted by molar-refractivity contribution is 7.15. The molecule has 1 fully saturated rings. The lowest BCUT2D eigenvalue weighted by Gasteiger charge is -2.34. The number of aromatic nitrogens is 2. The van der Waals surface area contributed by atoms with Crippen molar-refractivity contribution in [3.8, 4) is 0 Å². The summed E-state index contributed by atoms with van der Waals surface area (Å²) in [5, 5.41) is 1.88. The van der Waals surface area contributed by atoms with Gasteiger partial charge in [0.2, 0.25) is 0 Å². The summed E-state index contributed by atoms with van der Waals surface area (Å²) in [6.45, 7) is 6.63. The van der Waals surface area contributed by atoms with Gasteiger partial charge >= 0.3 is 0 Å². The van der Waals surface area contributed by atoms with Crippen LogP contribution in [0.5, 0.6) is 0 Å². The maximum absolute atomic E-state index is 11.9. The Bertz CT molecular complexity index is 626. The quantitative estimate of drug-likeness (QED) is 0.833. The number of nitrogens with zero attached hydrogens (tertiary/aromatic N) is 3. The van der Waals surface area contributed by atoms with E-state index in [0.29, 0.717) is 6.54 Å². The largest absolute Gasteiger partial charge is 0.373 e. The van der Waals surface area contributed by atoms with Gasteiger partial charge in [0.1, 0.15) is 0 Å². The zero-order valence-corrected chi connectivity index (χ0v) is 11.9. The Morgan fingerprint density at radius 3 is 2.89 bits per heavy atom. The lowest BCUT2D eigenvalue weighted by Crippen LogP contribution is -2.45. The van der Waals surface area contributed by atoms with Crippen LogP contribution < -0.4 is 5.56 Å². The van der Waals surface area contributed by atoms with Gasteiger partial charge in [-0.15, -0.1) is 11.3 Å². The van der Waals surface area contributed by atoms with E-state index in [1.165, 1.54) is 11.3 Å². The second-order valence-corrected chi connectivity index (χ2v) is 5.97. The van der Waals surface area contributed by atoms with Crippen LogP contribution in [0.3, 0.4) is 0 Å². The van der Waals surface area contributed by atoms with Gasteiger partial charge in [-0.2, -0.15) is 0 Å². The van der Waals surface area contributed by atoms with Gasteiger partial charge in [-0.25, -0.2) is 4.98 Å². The molecular formula is C13H17N3O2S. The Balaban J connectivity index is 1.83. The van der Waals surface area contributed by atoms with E-state index >= 15 is 0 Å². The van der Waals surface area contributed by atoms with Crippen LogP contribution in [0.25, 0.3) is 4.96 Å². The van der Waals surface area contributed by atoms with Gasteiger partial charge in [-0.1, -0.05) is 0 Å². The molecule has 0 spiro atoms. The number of thiazole rings is 1. The predicted octanol–water partition coefficient (Wildman–Crippen LogP) is 1.37. The number of hydrogen-bond acceptors (Lipinski definition) is 5. The third-order valence-electron chi connectivity index (χ3n) is 3.24. The molecule has 2 aromatic rings. The summed E-state index contributed by atoms with van der Waals surface area (Å²) in [5.41, 5.74) is 0.837. The number of ether oxygens (including phenoxy) is 1. The first kappa shape index (κ1) is 12.8. The molecule has 3 heterocycles. The molecule has 0 aliphatic carbocycles. The molecule has 0 radical (unpaired) electrons. The van der Waals surface area contributed by atoms with E-state index in [2.05, 4.69) is 23.7 Å². The minimum absolute atomic E-state index is 0.00407. The summed E-state index contributed by atoms with van der Waals surface area (Å²) in [4.78, 5) is 19.5. The molecule has 6 heteroatoms. The summed E-state index contributed by atoms with van der Waals surface area (Å²) in [5.74, 6) is 0. The smallest absolute Gasteiger partial charge is 0.258 e. The van der Waals surface area contributed by atoms with Crippen LogP contribution in [0.2, 0.25) is 0 Å². The van der Waals surface area contributed by atoms with Crippen molar-refractivity contribution >= 4 is 16.3 Å². The first-order valence-corrected chi connectivity index (χ1v) is 7.33. The van der Waals surface area contributed by atoms with Gasteiger partial charge in [-0.3, -0.25) is 14.1 Å². The first-order valence-electron chi connectivity index (χ1n) is 6.45. The average molecular weight is 279 g/mol. The molecule has 2 aromatic heterocycles. The zero-order chi connectivity index (χ0) is 13.4. The van der Waals surface area contributed by atoms with Gasteiger partial charge in [-0.05, 0) is 13.8 Å². The Labute approximate surface area is 115 Å². The number of hydrogen-bond donors (Lipinski definition) is 0. The Kier molecular flexibility index (Phi) is 3.38. The summed E-state index contributed by atoms with van der Waals surface area (Å²) in [6.07, 6.45) is 2.23. The van der Waals surface area contributed by atoms with E-state index < -0.39 is 0 Å². The third kappa shape index (κ3) is 2.70. The minimum atomic E-state index is -0.00407. The Hall–Kier alpha value is -1.24. The van der Waals surface area contributed by atoms with Crippen molar-refractivity contribution in [2.75, 3.05) is 13.1 Å². The van der Waals surface area contributed by atoms with Crippen LogP contribution in [0.4, 0.5) is 0 Å². The monoisotopic (exact) mass is 279 g/mol. The molecule has 0 aromatic carbocycles. The maximum atomic E-state index is 11.9. The minimum Gasteiger partial charge on any atom is -0.373 e. The molecule has 0 amide bonds. The SMILES string of the molecule is C[C@@H]1CN(Cc2cc(=O)n3ccsc3n2)C[C@H](C)O1. The second kappa shape index (κ2) is 5.03. The van der Waals surface area contributed by atoms with Gasteiger partial charge < -0.3 is 4.74 Å². The van der Waals surface area contributed by atoms with Crippen LogP contribution >= 0.6 is 11.3 Å². The van der Waals surface area contributed by atoms with Gasteiger partial charge in [0.25, 0.3) is 5.56 Å². The Morgan fingerprint density at radius 2 is 2.16 bits per heavy atom. The predicted molar refractivity (Wildman–Crippen MR) is 74.6 cm³/mol. The fourth-order valence-corrected chi connectivity index (χ4v) is 3.35. The van der Waals surface area contributed by atoms with Gasteiger partial charge in [0.15, 0.2) is 4.96 Å². The summed E-state index contributed by atoms with van der Waals surface area (Å²) >= 11 is 1.49. The molecule has 0 unspecified atom stereocenters.